The van der Waals surface area contributed by atoms with E-state index >= 15 is 0 Å². The zero-order valence-electron chi connectivity index (χ0n) is 11.3. The van der Waals surface area contributed by atoms with Crippen LogP contribution in [0.2, 0.25) is 0 Å². The van der Waals surface area contributed by atoms with Crippen LogP contribution in [0.15, 0.2) is 28.6 Å². The summed E-state index contributed by atoms with van der Waals surface area (Å²) >= 11 is 2.93. The van der Waals surface area contributed by atoms with Gasteiger partial charge in [-0.3, -0.25) is 5.32 Å². The van der Waals surface area contributed by atoms with Crippen molar-refractivity contribution in [2.45, 2.75) is 23.9 Å². The van der Waals surface area contributed by atoms with Crippen molar-refractivity contribution in [2.24, 2.45) is 0 Å². The summed E-state index contributed by atoms with van der Waals surface area (Å²) in [5.74, 6) is 0.828. The van der Waals surface area contributed by atoms with Crippen molar-refractivity contribution in [1.29, 1.82) is 0 Å². The molecule has 2 aromatic rings. The molecule has 1 aromatic carbocycles. The molecule has 7 heteroatoms. The van der Waals surface area contributed by atoms with Gasteiger partial charge in [-0.15, -0.1) is 10.2 Å². The Balaban J connectivity index is 1.86. The van der Waals surface area contributed by atoms with Crippen LogP contribution in [0.3, 0.4) is 0 Å². The zero-order chi connectivity index (χ0) is 14.4. The number of nitrogens with zero attached hydrogens (tertiary/aromatic N) is 2. The lowest BCUT2D eigenvalue weighted by atomic mass is 10.2. The second-order valence-corrected chi connectivity index (χ2v) is 6.19. The molecule has 0 saturated carbocycles. The minimum Gasteiger partial charge on any atom is -0.450 e. The molecule has 1 heterocycles. The highest BCUT2D eigenvalue weighted by Gasteiger charge is 2.08. The van der Waals surface area contributed by atoms with Crippen LogP contribution in [-0.2, 0) is 10.5 Å². The standard InChI is InChI=1S/C13H15N3O2S2/c1-3-18-12(17)14-11-15-16-13(20-11)19-8-10-6-4-9(2)5-7-10/h4-7H,3,8H2,1-2H3,(H,14,15,17). The first kappa shape index (κ1) is 14.8. The third-order valence-corrected chi connectivity index (χ3v) is 4.42. The van der Waals surface area contributed by atoms with Crippen LogP contribution >= 0.6 is 23.1 Å². The van der Waals surface area contributed by atoms with Crippen LogP contribution in [0.25, 0.3) is 0 Å². The van der Waals surface area contributed by atoms with E-state index in [2.05, 4.69) is 46.7 Å². The summed E-state index contributed by atoms with van der Waals surface area (Å²) in [6.45, 7) is 4.15. The van der Waals surface area contributed by atoms with E-state index in [9.17, 15) is 4.79 Å². The Hall–Kier alpha value is -1.60. The molecule has 0 saturated heterocycles. The zero-order valence-corrected chi connectivity index (χ0v) is 12.9. The maximum Gasteiger partial charge on any atom is 0.413 e. The molecular formula is C13H15N3O2S2. The number of hydrogen-bond acceptors (Lipinski definition) is 6. The lowest BCUT2D eigenvalue weighted by Crippen LogP contribution is -2.12. The Bertz CT molecular complexity index is 569. The molecule has 0 unspecified atom stereocenters. The third kappa shape index (κ3) is 4.50. The van der Waals surface area contributed by atoms with Gasteiger partial charge in [0.05, 0.1) is 6.61 Å². The minimum absolute atomic E-state index is 0.333. The first-order valence-electron chi connectivity index (χ1n) is 6.13. The van der Waals surface area contributed by atoms with E-state index in [1.165, 1.54) is 22.5 Å². The largest absolute Gasteiger partial charge is 0.450 e. The van der Waals surface area contributed by atoms with E-state index < -0.39 is 6.09 Å². The number of rotatable bonds is 5. The quantitative estimate of drug-likeness (QED) is 0.674. The summed E-state index contributed by atoms with van der Waals surface area (Å²) in [4.78, 5) is 11.2. The number of benzene rings is 1. The van der Waals surface area contributed by atoms with Gasteiger partial charge in [0.2, 0.25) is 5.13 Å². The number of nitrogens with one attached hydrogen (secondary N) is 1. The van der Waals surface area contributed by atoms with Crippen LogP contribution in [-0.4, -0.2) is 22.9 Å². The molecule has 0 aliphatic carbocycles. The highest BCUT2D eigenvalue weighted by Crippen LogP contribution is 2.28. The molecule has 106 valence electrons. The van der Waals surface area contributed by atoms with Crippen molar-refractivity contribution in [3.8, 4) is 0 Å². The summed E-state index contributed by atoms with van der Waals surface area (Å²) in [6.07, 6.45) is -0.501. The number of aromatic nitrogens is 2. The van der Waals surface area contributed by atoms with Crippen LogP contribution < -0.4 is 5.32 Å². The fraction of sp³-hybridized carbons (Fsp3) is 0.308. The van der Waals surface area contributed by atoms with E-state index in [4.69, 9.17) is 4.74 Å². The van der Waals surface area contributed by atoms with E-state index in [1.807, 2.05) is 0 Å². The molecule has 5 nitrogen and oxygen atoms in total. The van der Waals surface area contributed by atoms with E-state index in [-0.39, 0.29) is 0 Å². The highest BCUT2D eigenvalue weighted by atomic mass is 32.2. The summed E-state index contributed by atoms with van der Waals surface area (Å²) in [7, 11) is 0. The second kappa shape index (κ2) is 7.25. The molecular weight excluding hydrogens is 294 g/mol. The predicted molar refractivity (Wildman–Crippen MR) is 81.3 cm³/mol. The highest BCUT2D eigenvalue weighted by molar-refractivity contribution is 8.00. The van der Waals surface area contributed by atoms with Crippen LogP contribution in [0, 0.1) is 6.92 Å². The van der Waals surface area contributed by atoms with Gasteiger partial charge in [-0.05, 0) is 19.4 Å². The van der Waals surface area contributed by atoms with Crippen molar-refractivity contribution in [3.05, 3.63) is 35.4 Å². The average Bonchev–Trinajstić information content (AvgIpc) is 2.86. The Morgan fingerprint density at radius 2 is 2.10 bits per heavy atom. The molecule has 1 N–H and O–H groups in total. The predicted octanol–water partition coefficient (Wildman–Crippen LogP) is 3.71. The summed E-state index contributed by atoms with van der Waals surface area (Å²) in [5.41, 5.74) is 2.48. The molecule has 0 aliphatic rings. The number of aryl methyl sites for hydroxylation is 1. The van der Waals surface area contributed by atoms with Crippen molar-refractivity contribution < 1.29 is 9.53 Å². The number of ether oxygens (including phenoxy) is 1. The van der Waals surface area contributed by atoms with Gasteiger partial charge >= 0.3 is 6.09 Å². The van der Waals surface area contributed by atoms with Gasteiger partial charge < -0.3 is 4.74 Å². The van der Waals surface area contributed by atoms with Crippen molar-refractivity contribution in [2.75, 3.05) is 11.9 Å². The van der Waals surface area contributed by atoms with E-state index in [0.717, 1.165) is 10.1 Å². The topological polar surface area (TPSA) is 64.1 Å². The Morgan fingerprint density at radius 1 is 1.35 bits per heavy atom. The molecule has 0 atom stereocenters. The van der Waals surface area contributed by atoms with Gasteiger partial charge in [-0.25, -0.2) is 4.79 Å². The molecule has 2 rings (SSSR count). The Kier molecular flexibility index (Phi) is 5.37. The number of hydrogen-bond donors (Lipinski definition) is 1. The van der Waals surface area contributed by atoms with Gasteiger partial charge in [-0.2, -0.15) is 0 Å². The summed E-state index contributed by atoms with van der Waals surface area (Å²) in [5, 5.41) is 10.9. The lowest BCUT2D eigenvalue weighted by Gasteiger charge is -2.00. The smallest absolute Gasteiger partial charge is 0.413 e. The maximum atomic E-state index is 11.2. The number of carbonyl (C=O) groups excluding carboxylic acids is 1. The molecule has 0 aliphatic heterocycles. The second-order valence-electron chi connectivity index (χ2n) is 3.99. The third-order valence-electron chi connectivity index (χ3n) is 2.37. The van der Waals surface area contributed by atoms with Crippen molar-refractivity contribution in [3.63, 3.8) is 0 Å². The number of anilines is 1. The SMILES string of the molecule is CCOC(=O)Nc1nnc(SCc2ccc(C)cc2)s1. The van der Waals surface area contributed by atoms with Gasteiger partial charge in [0.25, 0.3) is 0 Å². The minimum atomic E-state index is -0.501. The first-order valence-corrected chi connectivity index (χ1v) is 7.93. The van der Waals surface area contributed by atoms with E-state index in [0.29, 0.717) is 11.7 Å². The molecule has 0 fully saturated rings. The monoisotopic (exact) mass is 309 g/mol. The van der Waals surface area contributed by atoms with Crippen LogP contribution in [0.1, 0.15) is 18.1 Å². The molecule has 1 amide bonds. The normalized spacial score (nSPS) is 10.3. The summed E-state index contributed by atoms with van der Waals surface area (Å²) in [6, 6.07) is 8.37. The van der Waals surface area contributed by atoms with Crippen molar-refractivity contribution >= 4 is 34.3 Å². The van der Waals surface area contributed by atoms with Gasteiger partial charge in [0.1, 0.15) is 0 Å². The fourth-order valence-electron chi connectivity index (χ4n) is 1.40. The van der Waals surface area contributed by atoms with Crippen LogP contribution in [0.4, 0.5) is 9.93 Å². The molecule has 0 radical (unpaired) electrons. The molecule has 1 aromatic heterocycles. The summed E-state index contributed by atoms with van der Waals surface area (Å²) < 4.78 is 5.59. The van der Waals surface area contributed by atoms with Crippen molar-refractivity contribution in [1.82, 2.24) is 10.2 Å². The average molecular weight is 309 g/mol. The van der Waals surface area contributed by atoms with Gasteiger partial charge in [0.15, 0.2) is 4.34 Å². The molecule has 20 heavy (non-hydrogen) atoms. The van der Waals surface area contributed by atoms with E-state index in [1.54, 1.807) is 18.7 Å². The maximum absolute atomic E-state index is 11.2. The Morgan fingerprint density at radius 3 is 2.80 bits per heavy atom. The lowest BCUT2D eigenvalue weighted by molar-refractivity contribution is 0.168. The number of thioether (sulfide) groups is 1. The van der Waals surface area contributed by atoms with Gasteiger partial charge in [-0.1, -0.05) is 52.9 Å². The fourth-order valence-corrected chi connectivity index (χ4v) is 3.10. The number of amides is 1. The molecule has 0 bridgehead atoms. The van der Waals surface area contributed by atoms with Gasteiger partial charge in [0, 0.05) is 5.75 Å². The number of carbonyl (C=O) groups is 1. The Labute approximate surface area is 125 Å². The molecule has 0 spiro atoms. The van der Waals surface area contributed by atoms with Crippen LogP contribution in [0.5, 0.6) is 0 Å². The first-order chi connectivity index (χ1) is 9.67.